The number of rotatable bonds is 5. The molecule has 0 unspecified atom stereocenters. The molecular weight excluding hydrogens is 298 g/mol. The Hall–Kier alpha value is -1.36. The van der Waals surface area contributed by atoms with Crippen LogP contribution in [0.5, 0.6) is 0 Å². The van der Waals surface area contributed by atoms with E-state index in [1.54, 1.807) is 23.2 Å². The summed E-state index contributed by atoms with van der Waals surface area (Å²) in [6, 6.07) is 2.04. The molecule has 4 nitrogen and oxygen atoms in total. The molecule has 0 spiro atoms. The number of aryl methyl sites for hydroxylation is 2. The summed E-state index contributed by atoms with van der Waals surface area (Å²) in [4.78, 5) is 27.9. The van der Waals surface area contributed by atoms with Crippen molar-refractivity contribution in [3.05, 3.63) is 21.4 Å². The standard InChI is InChI=1S/C17H25NO3S/c1-3-18(12-16(19)21-4-2)17(20)15-11-13-9-7-5-6-8-10-14(13)22-15/h11H,3-10,12H2,1-2H3. The van der Waals surface area contributed by atoms with E-state index in [1.165, 1.54) is 36.1 Å². The van der Waals surface area contributed by atoms with E-state index in [4.69, 9.17) is 4.74 Å². The summed E-state index contributed by atoms with van der Waals surface area (Å²) in [5.74, 6) is -0.389. The Morgan fingerprint density at radius 3 is 2.59 bits per heavy atom. The van der Waals surface area contributed by atoms with Crippen molar-refractivity contribution in [1.29, 1.82) is 0 Å². The fourth-order valence-corrected chi connectivity index (χ4v) is 4.02. The van der Waals surface area contributed by atoms with Crippen molar-refractivity contribution < 1.29 is 14.3 Å². The van der Waals surface area contributed by atoms with Gasteiger partial charge in [-0.25, -0.2) is 0 Å². The third-order valence-electron chi connectivity index (χ3n) is 4.00. The van der Waals surface area contributed by atoms with Gasteiger partial charge in [0.25, 0.3) is 5.91 Å². The number of thiophene rings is 1. The van der Waals surface area contributed by atoms with Gasteiger partial charge in [-0.2, -0.15) is 0 Å². The van der Waals surface area contributed by atoms with Gasteiger partial charge in [-0.1, -0.05) is 12.8 Å². The zero-order chi connectivity index (χ0) is 15.9. The number of hydrogen-bond donors (Lipinski definition) is 0. The lowest BCUT2D eigenvalue weighted by Crippen LogP contribution is -2.35. The van der Waals surface area contributed by atoms with Gasteiger partial charge in [0.1, 0.15) is 6.54 Å². The van der Waals surface area contributed by atoms with Crippen LogP contribution in [0, 0.1) is 0 Å². The number of carbonyl (C=O) groups is 2. The fraction of sp³-hybridized carbons (Fsp3) is 0.647. The summed E-state index contributed by atoms with van der Waals surface area (Å²) >= 11 is 1.61. The van der Waals surface area contributed by atoms with Gasteiger partial charge in [0, 0.05) is 11.4 Å². The molecule has 1 aliphatic carbocycles. The summed E-state index contributed by atoms with van der Waals surface area (Å²) in [5, 5.41) is 0. The predicted octanol–water partition coefficient (Wildman–Crippen LogP) is 3.43. The average molecular weight is 323 g/mol. The Morgan fingerprint density at radius 1 is 1.18 bits per heavy atom. The second-order valence-corrected chi connectivity index (χ2v) is 6.73. The summed E-state index contributed by atoms with van der Waals surface area (Å²) in [6.45, 7) is 4.56. The molecule has 0 atom stereocenters. The van der Waals surface area contributed by atoms with Crippen LogP contribution in [0.3, 0.4) is 0 Å². The largest absolute Gasteiger partial charge is 0.465 e. The summed E-state index contributed by atoms with van der Waals surface area (Å²) in [7, 11) is 0. The Bertz CT molecular complexity index is 498. The molecular formula is C17H25NO3S. The second kappa shape index (κ2) is 8.32. The van der Waals surface area contributed by atoms with E-state index in [1.807, 2.05) is 13.0 Å². The van der Waals surface area contributed by atoms with Crippen molar-refractivity contribution in [2.24, 2.45) is 0 Å². The van der Waals surface area contributed by atoms with E-state index in [9.17, 15) is 9.59 Å². The third kappa shape index (κ3) is 4.32. The van der Waals surface area contributed by atoms with Gasteiger partial charge in [0.05, 0.1) is 11.5 Å². The van der Waals surface area contributed by atoms with Crippen LogP contribution in [-0.4, -0.2) is 36.5 Å². The molecule has 0 aliphatic heterocycles. The number of ether oxygens (including phenoxy) is 1. The number of amides is 1. The Labute approximate surface area is 136 Å². The Morgan fingerprint density at radius 2 is 1.91 bits per heavy atom. The first kappa shape index (κ1) is 17.0. The third-order valence-corrected chi connectivity index (χ3v) is 5.23. The van der Waals surface area contributed by atoms with Gasteiger partial charge in [-0.05, 0) is 51.2 Å². The highest BCUT2D eigenvalue weighted by atomic mass is 32.1. The van der Waals surface area contributed by atoms with Gasteiger partial charge in [0.2, 0.25) is 0 Å². The van der Waals surface area contributed by atoms with Crippen molar-refractivity contribution in [1.82, 2.24) is 4.90 Å². The number of likely N-dealkylation sites (N-methyl/N-ethyl adjacent to an activating group) is 1. The molecule has 1 heterocycles. The topological polar surface area (TPSA) is 46.6 Å². The fourth-order valence-electron chi connectivity index (χ4n) is 2.80. The summed E-state index contributed by atoms with van der Waals surface area (Å²) in [5.41, 5.74) is 1.33. The molecule has 1 aromatic rings. The monoisotopic (exact) mass is 323 g/mol. The Kier molecular flexibility index (Phi) is 6.43. The molecule has 1 amide bonds. The molecule has 1 aromatic heterocycles. The zero-order valence-electron chi connectivity index (χ0n) is 13.5. The molecule has 0 fully saturated rings. The van der Waals surface area contributed by atoms with Crippen LogP contribution in [0.2, 0.25) is 0 Å². The van der Waals surface area contributed by atoms with Crippen molar-refractivity contribution >= 4 is 23.2 Å². The van der Waals surface area contributed by atoms with Crippen LogP contribution in [-0.2, 0) is 22.4 Å². The van der Waals surface area contributed by atoms with Crippen LogP contribution in [0.25, 0.3) is 0 Å². The van der Waals surface area contributed by atoms with E-state index in [-0.39, 0.29) is 18.4 Å². The van der Waals surface area contributed by atoms with Crippen LogP contribution in [0.15, 0.2) is 6.07 Å². The minimum atomic E-state index is -0.340. The van der Waals surface area contributed by atoms with E-state index in [2.05, 4.69) is 0 Å². The minimum Gasteiger partial charge on any atom is -0.465 e. The molecule has 0 saturated heterocycles. The lowest BCUT2D eigenvalue weighted by atomic mass is 10.00. The van der Waals surface area contributed by atoms with Crippen LogP contribution in [0.4, 0.5) is 0 Å². The first-order valence-corrected chi connectivity index (χ1v) is 9.03. The lowest BCUT2D eigenvalue weighted by molar-refractivity contribution is -0.143. The van der Waals surface area contributed by atoms with Gasteiger partial charge in [-0.15, -0.1) is 11.3 Å². The molecule has 5 heteroatoms. The normalized spacial score (nSPS) is 14.6. The van der Waals surface area contributed by atoms with Crippen molar-refractivity contribution in [2.45, 2.75) is 52.4 Å². The van der Waals surface area contributed by atoms with Crippen LogP contribution < -0.4 is 0 Å². The maximum absolute atomic E-state index is 12.6. The molecule has 1 aliphatic rings. The van der Waals surface area contributed by atoms with Crippen molar-refractivity contribution in [3.8, 4) is 0 Å². The maximum atomic E-state index is 12.6. The van der Waals surface area contributed by atoms with Crippen LogP contribution in [0.1, 0.15) is 59.6 Å². The molecule has 0 radical (unpaired) electrons. The number of nitrogens with zero attached hydrogens (tertiary/aromatic N) is 1. The van der Waals surface area contributed by atoms with E-state index >= 15 is 0 Å². The van der Waals surface area contributed by atoms with E-state index in [0.29, 0.717) is 13.2 Å². The van der Waals surface area contributed by atoms with Gasteiger partial charge in [0.15, 0.2) is 0 Å². The highest BCUT2D eigenvalue weighted by Gasteiger charge is 2.22. The van der Waals surface area contributed by atoms with E-state index in [0.717, 1.165) is 17.7 Å². The van der Waals surface area contributed by atoms with Gasteiger partial charge in [-0.3, -0.25) is 9.59 Å². The zero-order valence-corrected chi connectivity index (χ0v) is 14.3. The number of fused-ring (bicyclic) bond motifs is 1. The molecule has 22 heavy (non-hydrogen) atoms. The molecule has 0 saturated carbocycles. The molecule has 0 aromatic carbocycles. The quantitative estimate of drug-likeness (QED) is 0.780. The van der Waals surface area contributed by atoms with E-state index < -0.39 is 0 Å². The SMILES string of the molecule is CCOC(=O)CN(CC)C(=O)c1cc2c(s1)CCCCCC2. The maximum Gasteiger partial charge on any atom is 0.325 e. The minimum absolute atomic E-state index is 0.0335. The highest BCUT2D eigenvalue weighted by Crippen LogP contribution is 2.29. The number of hydrogen-bond acceptors (Lipinski definition) is 4. The Balaban J connectivity index is 2.10. The number of carbonyl (C=O) groups excluding carboxylic acids is 2. The number of esters is 1. The summed E-state index contributed by atoms with van der Waals surface area (Å²) < 4.78 is 4.95. The van der Waals surface area contributed by atoms with Crippen molar-refractivity contribution in [2.75, 3.05) is 19.7 Å². The van der Waals surface area contributed by atoms with Gasteiger partial charge < -0.3 is 9.64 Å². The first-order chi connectivity index (χ1) is 10.7. The van der Waals surface area contributed by atoms with Crippen LogP contribution >= 0.6 is 11.3 Å². The smallest absolute Gasteiger partial charge is 0.325 e. The molecule has 0 N–H and O–H groups in total. The van der Waals surface area contributed by atoms with Crippen molar-refractivity contribution in [3.63, 3.8) is 0 Å². The van der Waals surface area contributed by atoms with Gasteiger partial charge >= 0.3 is 5.97 Å². The molecule has 122 valence electrons. The molecule has 0 bridgehead atoms. The first-order valence-electron chi connectivity index (χ1n) is 8.22. The second-order valence-electron chi connectivity index (χ2n) is 5.60. The summed E-state index contributed by atoms with van der Waals surface area (Å²) in [6.07, 6.45) is 7.13. The highest BCUT2D eigenvalue weighted by molar-refractivity contribution is 7.14. The average Bonchev–Trinajstić information content (AvgIpc) is 2.86. The molecule has 2 rings (SSSR count). The lowest BCUT2D eigenvalue weighted by Gasteiger charge is -2.18. The predicted molar refractivity (Wildman–Crippen MR) is 88.4 cm³/mol.